The molecule has 2 amide bonds. The SMILES string of the molecule is CC(C)(C)C1CCCN(C(=O)N2CCOCC2)CC1. The van der Waals surface area contributed by atoms with E-state index in [0.717, 1.165) is 44.9 Å². The first-order chi connectivity index (χ1) is 8.98. The third kappa shape index (κ3) is 3.85. The number of carbonyl (C=O) groups excluding carboxylic acids is 1. The summed E-state index contributed by atoms with van der Waals surface area (Å²) in [6, 6.07) is 0.220. The lowest BCUT2D eigenvalue weighted by Crippen LogP contribution is -2.48. The van der Waals surface area contributed by atoms with E-state index in [1.807, 2.05) is 4.90 Å². The van der Waals surface area contributed by atoms with Crippen LogP contribution >= 0.6 is 0 Å². The fourth-order valence-electron chi connectivity index (χ4n) is 3.11. The molecule has 2 heterocycles. The lowest BCUT2D eigenvalue weighted by atomic mass is 9.77. The van der Waals surface area contributed by atoms with E-state index in [1.54, 1.807) is 0 Å². The summed E-state index contributed by atoms with van der Waals surface area (Å²) in [6.45, 7) is 11.6. The first kappa shape index (κ1) is 14.6. The minimum atomic E-state index is 0.220. The van der Waals surface area contributed by atoms with E-state index in [-0.39, 0.29) is 6.03 Å². The van der Waals surface area contributed by atoms with Crippen molar-refractivity contribution in [3.05, 3.63) is 0 Å². The van der Waals surface area contributed by atoms with Crippen molar-refractivity contribution in [1.29, 1.82) is 0 Å². The van der Waals surface area contributed by atoms with Crippen LogP contribution in [0.25, 0.3) is 0 Å². The standard InChI is InChI=1S/C15H28N2O2/c1-15(2,3)13-5-4-7-16(8-6-13)14(18)17-9-11-19-12-10-17/h13H,4-12H2,1-3H3. The predicted octanol–water partition coefficient (Wildman–Crippen LogP) is 2.59. The number of likely N-dealkylation sites (tertiary alicyclic amines) is 1. The van der Waals surface area contributed by atoms with Gasteiger partial charge in [-0.3, -0.25) is 0 Å². The normalized spacial score (nSPS) is 26.2. The van der Waals surface area contributed by atoms with Crippen LogP contribution in [0.15, 0.2) is 0 Å². The summed E-state index contributed by atoms with van der Waals surface area (Å²) in [4.78, 5) is 16.5. The van der Waals surface area contributed by atoms with Crippen LogP contribution in [-0.4, -0.2) is 55.2 Å². The van der Waals surface area contributed by atoms with E-state index in [1.165, 1.54) is 6.42 Å². The molecule has 0 saturated carbocycles. The molecule has 2 aliphatic rings. The lowest BCUT2D eigenvalue weighted by Gasteiger charge is -2.33. The van der Waals surface area contributed by atoms with Gasteiger partial charge in [-0.25, -0.2) is 4.79 Å². The highest BCUT2D eigenvalue weighted by atomic mass is 16.5. The summed E-state index contributed by atoms with van der Waals surface area (Å²) in [6.07, 6.45) is 3.52. The van der Waals surface area contributed by atoms with Crippen LogP contribution in [-0.2, 0) is 4.74 Å². The number of nitrogens with zero attached hydrogens (tertiary/aromatic N) is 2. The Balaban J connectivity index is 1.89. The molecule has 2 fully saturated rings. The summed E-state index contributed by atoms with van der Waals surface area (Å²) < 4.78 is 5.31. The monoisotopic (exact) mass is 268 g/mol. The maximum atomic E-state index is 12.5. The van der Waals surface area contributed by atoms with E-state index in [0.29, 0.717) is 18.6 Å². The number of morpholine rings is 1. The van der Waals surface area contributed by atoms with Crippen molar-refractivity contribution >= 4 is 6.03 Å². The molecule has 4 nitrogen and oxygen atoms in total. The molecule has 110 valence electrons. The number of ether oxygens (including phenoxy) is 1. The Morgan fingerprint density at radius 1 is 1.00 bits per heavy atom. The molecule has 0 aromatic rings. The van der Waals surface area contributed by atoms with Crippen LogP contribution < -0.4 is 0 Å². The summed E-state index contributed by atoms with van der Waals surface area (Å²) in [5.41, 5.74) is 0.359. The van der Waals surface area contributed by atoms with Crippen LogP contribution in [0.3, 0.4) is 0 Å². The Labute approximate surface area is 117 Å². The van der Waals surface area contributed by atoms with Crippen molar-refractivity contribution in [2.45, 2.75) is 40.0 Å². The molecule has 0 aromatic carbocycles. The number of hydrogen-bond acceptors (Lipinski definition) is 2. The average Bonchev–Trinajstić information content (AvgIpc) is 2.64. The highest BCUT2D eigenvalue weighted by Crippen LogP contribution is 2.34. The van der Waals surface area contributed by atoms with Crippen molar-refractivity contribution in [3.8, 4) is 0 Å². The van der Waals surface area contributed by atoms with E-state index in [2.05, 4.69) is 25.7 Å². The van der Waals surface area contributed by atoms with E-state index in [4.69, 9.17) is 4.74 Å². The maximum absolute atomic E-state index is 12.5. The Kier molecular flexibility index (Phi) is 4.71. The van der Waals surface area contributed by atoms with Gasteiger partial charge < -0.3 is 14.5 Å². The first-order valence-corrected chi connectivity index (χ1v) is 7.60. The largest absolute Gasteiger partial charge is 0.378 e. The zero-order valence-corrected chi connectivity index (χ0v) is 12.7. The van der Waals surface area contributed by atoms with Crippen LogP contribution in [0, 0.1) is 11.3 Å². The topological polar surface area (TPSA) is 32.8 Å². The maximum Gasteiger partial charge on any atom is 0.320 e. The second-order valence-electron chi connectivity index (χ2n) is 6.86. The summed E-state index contributed by atoms with van der Waals surface area (Å²) in [5.74, 6) is 0.731. The number of hydrogen-bond donors (Lipinski definition) is 0. The number of rotatable bonds is 0. The van der Waals surface area contributed by atoms with Gasteiger partial charge in [0.25, 0.3) is 0 Å². The highest BCUT2D eigenvalue weighted by Gasteiger charge is 2.30. The molecule has 0 aliphatic carbocycles. The minimum Gasteiger partial charge on any atom is -0.378 e. The van der Waals surface area contributed by atoms with Gasteiger partial charge in [0, 0.05) is 26.2 Å². The van der Waals surface area contributed by atoms with Gasteiger partial charge in [0.05, 0.1) is 13.2 Å². The number of urea groups is 1. The lowest BCUT2D eigenvalue weighted by molar-refractivity contribution is 0.0433. The van der Waals surface area contributed by atoms with Crippen LogP contribution in [0.1, 0.15) is 40.0 Å². The summed E-state index contributed by atoms with van der Waals surface area (Å²) in [5, 5.41) is 0. The van der Waals surface area contributed by atoms with Gasteiger partial charge in [-0.15, -0.1) is 0 Å². The molecule has 2 rings (SSSR count). The van der Waals surface area contributed by atoms with Crippen molar-refractivity contribution in [3.63, 3.8) is 0 Å². The summed E-state index contributed by atoms with van der Waals surface area (Å²) in [7, 11) is 0. The van der Waals surface area contributed by atoms with E-state index >= 15 is 0 Å². The smallest absolute Gasteiger partial charge is 0.320 e. The molecule has 0 spiro atoms. The summed E-state index contributed by atoms with van der Waals surface area (Å²) >= 11 is 0. The Hall–Kier alpha value is -0.770. The van der Waals surface area contributed by atoms with Crippen molar-refractivity contribution in [2.24, 2.45) is 11.3 Å². The molecule has 2 aliphatic heterocycles. The fourth-order valence-corrected chi connectivity index (χ4v) is 3.11. The zero-order chi connectivity index (χ0) is 13.9. The number of carbonyl (C=O) groups is 1. The second kappa shape index (κ2) is 6.12. The highest BCUT2D eigenvalue weighted by molar-refractivity contribution is 5.74. The fraction of sp³-hybridized carbons (Fsp3) is 0.933. The van der Waals surface area contributed by atoms with Gasteiger partial charge in [-0.05, 0) is 30.6 Å². The molecule has 0 bridgehead atoms. The molecule has 2 saturated heterocycles. The third-order valence-electron chi connectivity index (χ3n) is 4.50. The van der Waals surface area contributed by atoms with Gasteiger partial charge in [0.2, 0.25) is 0 Å². The molecular weight excluding hydrogens is 240 g/mol. The first-order valence-electron chi connectivity index (χ1n) is 7.60. The Morgan fingerprint density at radius 2 is 1.63 bits per heavy atom. The van der Waals surface area contributed by atoms with E-state index < -0.39 is 0 Å². The molecule has 0 N–H and O–H groups in total. The van der Waals surface area contributed by atoms with Gasteiger partial charge in [-0.2, -0.15) is 0 Å². The van der Waals surface area contributed by atoms with Crippen molar-refractivity contribution in [2.75, 3.05) is 39.4 Å². The quantitative estimate of drug-likeness (QED) is 0.676. The van der Waals surface area contributed by atoms with Gasteiger partial charge in [0.15, 0.2) is 0 Å². The van der Waals surface area contributed by atoms with Crippen LogP contribution in [0.5, 0.6) is 0 Å². The second-order valence-corrected chi connectivity index (χ2v) is 6.86. The average molecular weight is 268 g/mol. The van der Waals surface area contributed by atoms with Crippen molar-refractivity contribution < 1.29 is 9.53 Å². The predicted molar refractivity (Wildman–Crippen MR) is 76.2 cm³/mol. The molecule has 1 atom stereocenters. The molecule has 0 aromatic heterocycles. The van der Waals surface area contributed by atoms with Gasteiger partial charge >= 0.3 is 6.03 Å². The Bertz CT molecular complexity index is 306. The van der Waals surface area contributed by atoms with Gasteiger partial charge in [-0.1, -0.05) is 20.8 Å². The van der Waals surface area contributed by atoms with Gasteiger partial charge in [0.1, 0.15) is 0 Å². The minimum absolute atomic E-state index is 0.220. The van der Waals surface area contributed by atoms with Crippen LogP contribution in [0.2, 0.25) is 0 Å². The molecule has 19 heavy (non-hydrogen) atoms. The Morgan fingerprint density at radius 3 is 2.26 bits per heavy atom. The van der Waals surface area contributed by atoms with E-state index in [9.17, 15) is 4.79 Å². The van der Waals surface area contributed by atoms with Crippen molar-refractivity contribution in [1.82, 2.24) is 9.80 Å². The molecule has 4 heteroatoms. The molecule has 1 unspecified atom stereocenters. The van der Waals surface area contributed by atoms with Crippen LogP contribution in [0.4, 0.5) is 4.79 Å². The molecule has 0 radical (unpaired) electrons. The third-order valence-corrected chi connectivity index (χ3v) is 4.50. The molecular formula is C15H28N2O2. The number of amides is 2. The zero-order valence-electron chi connectivity index (χ0n) is 12.7.